The maximum absolute atomic E-state index is 10.2. The Morgan fingerprint density at radius 3 is 1.03 bits per heavy atom. The summed E-state index contributed by atoms with van der Waals surface area (Å²) in [6.07, 6.45) is 17.9. The van der Waals surface area contributed by atoms with Crippen molar-refractivity contribution < 1.29 is 31.7 Å². The quantitative estimate of drug-likeness (QED) is 0.167. The first-order valence-electron chi connectivity index (χ1n) is 11.4. The first kappa shape index (κ1) is 37.5. The normalized spacial score (nSPS) is 9.13. The van der Waals surface area contributed by atoms with Gasteiger partial charge in [0.2, 0.25) is 0 Å². The van der Waals surface area contributed by atoms with Gasteiger partial charge in [-0.05, 0) is 32.6 Å². The van der Waals surface area contributed by atoms with Crippen LogP contribution in [0.15, 0.2) is 0 Å². The van der Waals surface area contributed by atoms with E-state index in [1.807, 2.05) is 0 Å². The molecule has 0 aromatic carbocycles. The second-order valence-corrected chi connectivity index (χ2v) is 9.56. The summed E-state index contributed by atoms with van der Waals surface area (Å²) in [7, 11) is 9.78. The van der Waals surface area contributed by atoms with E-state index in [0.29, 0.717) is 12.8 Å². The van der Waals surface area contributed by atoms with Gasteiger partial charge in [-0.15, -0.1) is 0 Å². The Bertz CT molecular complexity index is 297. The van der Waals surface area contributed by atoms with Crippen LogP contribution in [0.4, 0.5) is 0 Å². The van der Waals surface area contributed by atoms with Gasteiger partial charge >= 0.3 is 35.6 Å². The van der Waals surface area contributed by atoms with E-state index >= 15 is 0 Å². The first-order chi connectivity index (χ1) is 14.4. The van der Waals surface area contributed by atoms with Crippen molar-refractivity contribution in [3.05, 3.63) is 11.5 Å². The summed E-state index contributed by atoms with van der Waals surface area (Å²) in [5, 5.41) is 7.57. The van der Waals surface area contributed by atoms with E-state index in [9.17, 15) is 9.59 Å². The average Bonchev–Trinajstić information content (AvgIpc) is 2.68. The summed E-state index contributed by atoms with van der Waals surface area (Å²) in [6, 6.07) is 0. The predicted octanol–water partition coefficient (Wildman–Crippen LogP) is 8.79. The molecule has 0 saturated heterocycles. The van der Waals surface area contributed by atoms with Gasteiger partial charge in [-0.3, -0.25) is 0 Å². The van der Waals surface area contributed by atoms with E-state index in [4.69, 9.17) is 35.2 Å². The zero-order valence-electron chi connectivity index (χ0n) is 19.5. The molecule has 0 rings (SSSR count). The van der Waals surface area contributed by atoms with Gasteiger partial charge in [0.05, 0.1) is 0 Å². The van der Waals surface area contributed by atoms with Gasteiger partial charge in [-0.1, -0.05) is 90.9 Å². The minimum atomic E-state index is -0.556. The number of unbranched alkanes of at least 4 members (excludes halogenated alkanes) is 12. The Kier molecular flexibility index (Phi) is 49.6. The van der Waals surface area contributed by atoms with Gasteiger partial charge in [0.15, 0.2) is 0 Å². The van der Waals surface area contributed by atoms with Crippen molar-refractivity contribution in [2.75, 3.05) is 6.61 Å². The number of nitrogens with one attached hydrogen (secondary N) is 2. The zero-order chi connectivity index (χ0) is 23.9. The standard InChI is InChI=1S/2C10H21NO.C2H6O.2ClH.Ti/c2*1-2-3-4-5-6-7-8-9-10(11)12;1-2-3;;;/h2*2-9H2,1H3,(H2,11,12);3H,2H2,1H3;2*1H;/q;;;;;+2/p-4. The second kappa shape index (κ2) is 39.6. The molecule has 0 saturated carbocycles. The fraction of sp³-hybridized carbons (Fsp3) is 0.909. The molecule has 0 aliphatic carbocycles. The van der Waals surface area contributed by atoms with E-state index in [1.165, 1.54) is 64.2 Å². The monoisotopic (exact) mass is 504 g/mol. The number of hydrogen-bond donors (Lipinski definition) is 1. The van der Waals surface area contributed by atoms with Crippen LogP contribution in [-0.2, 0) is 26.6 Å². The molecule has 5 nitrogen and oxygen atoms in total. The van der Waals surface area contributed by atoms with Crippen LogP contribution in [-0.4, -0.2) is 23.5 Å². The predicted molar refractivity (Wildman–Crippen MR) is 128 cm³/mol. The number of carbonyl (C=O) groups is 2. The van der Waals surface area contributed by atoms with Gasteiger partial charge < -0.3 is 26.2 Å². The Balaban J connectivity index is -0.000000178. The van der Waals surface area contributed by atoms with Crippen molar-refractivity contribution in [2.24, 2.45) is 0 Å². The van der Waals surface area contributed by atoms with E-state index < -0.39 is 28.8 Å². The molecule has 0 aliphatic heterocycles. The third-order valence-corrected chi connectivity index (χ3v) is 4.01. The molecule has 0 atom stereocenters. The van der Waals surface area contributed by atoms with Gasteiger partial charge in [0.25, 0.3) is 0 Å². The number of hydrogen-bond acceptors (Lipinski definition) is 3. The molecule has 182 valence electrons. The fourth-order valence-electron chi connectivity index (χ4n) is 2.49. The summed E-state index contributed by atoms with van der Waals surface area (Å²) >= 11 is -0.556. The van der Waals surface area contributed by atoms with Crippen molar-refractivity contribution in [1.82, 2.24) is 0 Å². The van der Waals surface area contributed by atoms with Crippen LogP contribution in [0.3, 0.4) is 0 Å². The SMILES string of the molecule is CCCCCCCCCC([NH-])=O.CCCCCCCCCC([NH-])=O.CCO.[Cl][Ti][Cl]. The molecule has 0 spiro atoms. The molecule has 0 unspecified atom stereocenters. The molecule has 0 fully saturated rings. The van der Waals surface area contributed by atoms with E-state index in [-0.39, 0.29) is 6.61 Å². The first-order valence-corrected chi connectivity index (χ1v) is 15.7. The van der Waals surface area contributed by atoms with Crippen molar-refractivity contribution in [2.45, 2.75) is 124 Å². The topological polar surface area (TPSA) is 102 Å². The van der Waals surface area contributed by atoms with Gasteiger partial charge in [-0.2, -0.15) is 0 Å². The van der Waals surface area contributed by atoms with Crippen LogP contribution in [0, 0.1) is 0 Å². The van der Waals surface area contributed by atoms with E-state index in [0.717, 1.165) is 25.7 Å². The van der Waals surface area contributed by atoms with Crippen molar-refractivity contribution >= 4 is 30.4 Å². The number of aliphatic hydroxyl groups is 1. The van der Waals surface area contributed by atoms with Crippen LogP contribution < -0.4 is 0 Å². The Morgan fingerprint density at radius 1 is 0.633 bits per heavy atom. The molecule has 0 heterocycles. The molecule has 0 aromatic heterocycles. The van der Waals surface area contributed by atoms with Gasteiger partial charge in [-0.25, -0.2) is 0 Å². The fourth-order valence-corrected chi connectivity index (χ4v) is 2.49. The molecule has 30 heavy (non-hydrogen) atoms. The Morgan fingerprint density at radius 2 is 0.833 bits per heavy atom. The summed E-state index contributed by atoms with van der Waals surface area (Å²) in [6.45, 7) is 6.34. The Labute approximate surface area is 203 Å². The molecule has 8 heteroatoms. The van der Waals surface area contributed by atoms with Gasteiger partial charge in [0.1, 0.15) is 0 Å². The Hall–Kier alpha value is 0.194. The van der Waals surface area contributed by atoms with Crippen LogP contribution in [0.1, 0.15) is 124 Å². The maximum atomic E-state index is 10.2. The number of rotatable bonds is 16. The number of halogens is 2. The van der Waals surface area contributed by atoms with Gasteiger partial charge in [0, 0.05) is 18.4 Å². The van der Waals surface area contributed by atoms with Crippen LogP contribution in [0.25, 0.3) is 11.5 Å². The third kappa shape index (κ3) is 63.0. The molecule has 0 radical (unpaired) electrons. The minimum absolute atomic E-state index is 0.250. The number of aliphatic hydroxyl groups excluding tert-OH is 1. The summed E-state index contributed by atoms with van der Waals surface area (Å²) in [5.41, 5.74) is 13.4. The summed E-state index contributed by atoms with van der Waals surface area (Å²) in [5.74, 6) is -0.827. The zero-order valence-corrected chi connectivity index (χ0v) is 22.6. The van der Waals surface area contributed by atoms with Crippen molar-refractivity contribution in [1.29, 1.82) is 0 Å². The number of amides is 2. The van der Waals surface area contributed by atoms with Crippen LogP contribution in [0.2, 0.25) is 0 Å². The molecule has 0 aliphatic rings. The molecule has 0 bridgehead atoms. The van der Waals surface area contributed by atoms with Crippen molar-refractivity contribution in [3.63, 3.8) is 0 Å². The summed E-state index contributed by atoms with van der Waals surface area (Å²) in [4.78, 5) is 20.5. The van der Waals surface area contributed by atoms with Crippen molar-refractivity contribution in [3.8, 4) is 0 Å². The van der Waals surface area contributed by atoms with E-state index in [2.05, 4.69) is 13.8 Å². The van der Waals surface area contributed by atoms with Crippen LogP contribution in [0.5, 0.6) is 0 Å². The van der Waals surface area contributed by atoms with E-state index in [1.54, 1.807) is 6.92 Å². The average molecular weight is 505 g/mol. The summed E-state index contributed by atoms with van der Waals surface area (Å²) < 4.78 is 0. The van der Waals surface area contributed by atoms with Crippen LogP contribution >= 0.6 is 18.6 Å². The number of carbonyl (C=O) groups excluding carboxylic acids is 2. The second-order valence-electron chi connectivity index (χ2n) is 6.98. The molecular formula is C22H46Cl2N2O3Ti-2. The molecule has 3 N–H and O–H groups in total. The third-order valence-electron chi connectivity index (χ3n) is 4.01. The molecule has 2 amide bonds. The molecule has 0 aromatic rings. The molecular weight excluding hydrogens is 459 g/mol.